The van der Waals surface area contributed by atoms with Gasteiger partial charge in [-0.15, -0.1) is 0 Å². The zero-order valence-electron chi connectivity index (χ0n) is 11.1. The van der Waals surface area contributed by atoms with Crippen LogP contribution in [0.5, 0.6) is 5.75 Å². The first kappa shape index (κ1) is 15.8. The number of carbonyl (C=O) groups excluding carboxylic acids is 1. The highest BCUT2D eigenvalue weighted by Gasteiger charge is 2.04. The average Bonchev–Trinajstić information content (AvgIpc) is 2.46. The second kappa shape index (κ2) is 9.66. The maximum absolute atomic E-state index is 11.3. The van der Waals surface area contributed by atoms with E-state index in [1.54, 1.807) is 25.3 Å². The predicted octanol–water partition coefficient (Wildman–Crippen LogP) is 1.44. The fourth-order valence-corrected chi connectivity index (χ4v) is 2.16. The Morgan fingerprint density at radius 1 is 1.37 bits per heavy atom. The fourth-order valence-electron chi connectivity index (χ4n) is 1.44. The molecule has 0 aliphatic heterocycles. The molecule has 0 fully saturated rings. The molecule has 0 unspecified atom stereocenters. The first-order chi connectivity index (χ1) is 9.27. The smallest absolute Gasteiger partial charge is 0.265 e. The van der Waals surface area contributed by atoms with E-state index in [2.05, 4.69) is 5.43 Å². The molecule has 1 amide bonds. The van der Waals surface area contributed by atoms with Crippen molar-refractivity contribution in [3.8, 4) is 5.75 Å². The molecule has 3 N–H and O–H groups in total. The Kier molecular flexibility index (Phi) is 8.04. The van der Waals surface area contributed by atoms with Crippen LogP contribution in [0.25, 0.3) is 0 Å². The molecule has 6 heteroatoms. The molecule has 0 saturated carbocycles. The van der Waals surface area contributed by atoms with Gasteiger partial charge in [0.15, 0.2) is 0 Å². The van der Waals surface area contributed by atoms with Crippen molar-refractivity contribution < 1.29 is 14.3 Å². The quantitative estimate of drug-likeness (QED) is 0.311. The monoisotopic (exact) mass is 284 g/mol. The van der Waals surface area contributed by atoms with Gasteiger partial charge in [-0.25, -0.2) is 5.84 Å². The zero-order valence-corrected chi connectivity index (χ0v) is 11.9. The number of hydrogen-bond donors (Lipinski definition) is 2. The Morgan fingerprint density at radius 2 is 2.21 bits per heavy atom. The summed E-state index contributed by atoms with van der Waals surface area (Å²) >= 11 is 1.82. The maximum Gasteiger partial charge on any atom is 0.265 e. The van der Waals surface area contributed by atoms with Gasteiger partial charge in [0.1, 0.15) is 5.75 Å². The number of rotatable bonds is 9. The topological polar surface area (TPSA) is 73.6 Å². The number of ether oxygens (including phenoxy) is 2. The second-order valence-corrected chi connectivity index (χ2v) is 5.03. The van der Waals surface area contributed by atoms with Crippen LogP contribution in [0.4, 0.5) is 0 Å². The molecule has 0 atom stereocenters. The third-order valence-corrected chi connectivity index (χ3v) is 3.39. The number of amides is 1. The minimum absolute atomic E-state index is 0.320. The van der Waals surface area contributed by atoms with E-state index < -0.39 is 0 Å². The number of carbonyl (C=O) groups is 1. The van der Waals surface area contributed by atoms with Crippen molar-refractivity contribution >= 4 is 17.7 Å². The van der Waals surface area contributed by atoms with Crippen LogP contribution >= 0.6 is 11.8 Å². The Morgan fingerprint density at radius 3 is 2.95 bits per heavy atom. The van der Waals surface area contributed by atoms with Crippen LogP contribution in [0.15, 0.2) is 24.3 Å². The molecular weight excluding hydrogens is 264 g/mol. The summed E-state index contributed by atoms with van der Waals surface area (Å²) in [6.07, 6.45) is 1.05. The van der Waals surface area contributed by atoms with Crippen molar-refractivity contribution in [2.24, 2.45) is 5.84 Å². The molecule has 19 heavy (non-hydrogen) atoms. The van der Waals surface area contributed by atoms with Crippen LogP contribution in [-0.2, 0) is 4.74 Å². The Labute approximate surface area is 117 Å². The van der Waals surface area contributed by atoms with Crippen LogP contribution in [0.1, 0.15) is 16.8 Å². The van der Waals surface area contributed by atoms with E-state index in [0.29, 0.717) is 17.9 Å². The van der Waals surface area contributed by atoms with Gasteiger partial charge in [0.05, 0.1) is 6.61 Å². The molecule has 106 valence electrons. The van der Waals surface area contributed by atoms with E-state index in [9.17, 15) is 4.79 Å². The third kappa shape index (κ3) is 6.47. The number of hydrogen-bond acceptors (Lipinski definition) is 5. The SMILES string of the molecule is COCCCSCCOc1cccc(C(=O)NN)c1. The minimum Gasteiger partial charge on any atom is -0.493 e. The van der Waals surface area contributed by atoms with E-state index in [4.69, 9.17) is 15.3 Å². The molecule has 0 aliphatic carbocycles. The van der Waals surface area contributed by atoms with Crippen LogP contribution in [0, 0.1) is 0 Å². The summed E-state index contributed by atoms with van der Waals surface area (Å²) in [7, 11) is 1.71. The molecule has 5 nitrogen and oxygen atoms in total. The van der Waals surface area contributed by atoms with Crippen LogP contribution in [-0.4, -0.2) is 37.7 Å². The lowest BCUT2D eigenvalue weighted by Crippen LogP contribution is -2.29. The van der Waals surface area contributed by atoms with Crippen molar-refractivity contribution in [1.82, 2.24) is 5.43 Å². The van der Waals surface area contributed by atoms with Crippen LogP contribution in [0.3, 0.4) is 0 Å². The van der Waals surface area contributed by atoms with Gasteiger partial charge < -0.3 is 9.47 Å². The first-order valence-electron chi connectivity index (χ1n) is 6.08. The number of nitrogen functional groups attached to an aromatic ring is 1. The number of nitrogens with one attached hydrogen (secondary N) is 1. The third-order valence-electron chi connectivity index (χ3n) is 2.36. The molecule has 0 heterocycles. The van der Waals surface area contributed by atoms with Gasteiger partial charge in [-0.2, -0.15) is 11.8 Å². The van der Waals surface area contributed by atoms with Gasteiger partial charge in [-0.3, -0.25) is 10.2 Å². The van der Waals surface area contributed by atoms with Gasteiger partial charge in [0.25, 0.3) is 5.91 Å². The highest BCUT2D eigenvalue weighted by molar-refractivity contribution is 7.99. The molecule has 0 spiro atoms. The standard InChI is InChI=1S/C13H20N2O3S/c1-17-6-3-8-19-9-7-18-12-5-2-4-11(10-12)13(16)15-14/h2,4-5,10H,3,6-9,14H2,1H3,(H,15,16). The van der Waals surface area contributed by atoms with Gasteiger partial charge in [-0.05, 0) is 30.4 Å². The molecule has 0 saturated heterocycles. The van der Waals surface area contributed by atoms with Gasteiger partial charge in [-0.1, -0.05) is 6.07 Å². The molecule has 1 aromatic carbocycles. The number of methoxy groups -OCH3 is 1. The predicted molar refractivity (Wildman–Crippen MR) is 77.4 cm³/mol. The van der Waals surface area contributed by atoms with Crippen molar-refractivity contribution in [2.75, 3.05) is 31.8 Å². The van der Waals surface area contributed by atoms with Gasteiger partial charge >= 0.3 is 0 Å². The summed E-state index contributed by atoms with van der Waals surface area (Å²) in [5, 5.41) is 0. The maximum atomic E-state index is 11.3. The highest BCUT2D eigenvalue weighted by Crippen LogP contribution is 2.14. The number of hydrazine groups is 1. The van der Waals surface area contributed by atoms with Crippen molar-refractivity contribution in [3.05, 3.63) is 29.8 Å². The van der Waals surface area contributed by atoms with Crippen molar-refractivity contribution in [2.45, 2.75) is 6.42 Å². The zero-order chi connectivity index (χ0) is 13.9. The van der Waals surface area contributed by atoms with E-state index in [-0.39, 0.29) is 5.91 Å². The lowest BCUT2D eigenvalue weighted by Gasteiger charge is -2.07. The average molecular weight is 284 g/mol. The summed E-state index contributed by atoms with van der Waals surface area (Å²) < 4.78 is 10.5. The van der Waals surface area contributed by atoms with Gasteiger partial charge in [0, 0.05) is 25.0 Å². The Balaban J connectivity index is 2.24. The number of nitrogens with two attached hydrogens (primary N) is 1. The molecule has 1 aromatic rings. The number of thioether (sulfide) groups is 1. The molecule has 1 rings (SSSR count). The summed E-state index contributed by atoms with van der Waals surface area (Å²) in [4.78, 5) is 11.3. The lowest BCUT2D eigenvalue weighted by atomic mass is 10.2. The normalized spacial score (nSPS) is 10.2. The van der Waals surface area contributed by atoms with E-state index in [1.165, 1.54) is 0 Å². The molecular formula is C13H20N2O3S. The van der Waals surface area contributed by atoms with E-state index in [1.807, 2.05) is 17.8 Å². The fraction of sp³-hybridized carbons (Fsp3) is 0.462. The molecule has 0 bridgehead atoms. The first-order valence-corrected chi connectivity index (χ1v) is 7.24. The second-order valence-electron chi connectivity index (χ2n) is 3.81. The molecule has 0 aliphatic rings. The van der Waals surface area contributed by atoms with E-state index in [0.717, 1.165) is 24.5 Å². The van der Waals surface area contributed by atoms with Crippen LogP contribution < -0.4 is 16.0 Å². The van der Waals surface area contributed by atoms with E-state index >= 15 is 0 Å². The van der Waals surface area contributed by atoms with Gasteiger partial charge in [0.2, 0.25) is 0 Å². The summed E-state index contributed by atoms with van der Waals surface area (Å²) in [6, 6.07) is 6.96. The van der Waals surface area contributed by atoms with Crippen LogP contribution in [0.2, 0.25) is 0 Å². The van der Waals surface area contributed by atoms with Crippen molar-refractivity contribution in [3.63, 3.8) is 0 Å². The number of benzene rings is 1. The molecule has 0 aromatic heterocycles. The lowest BCUT2D eigenvalue weighted by molar-refractivity contribution is 0.0953. The van der Waals surface area contributed by atoms with Crippen molar-refractivity contribution in [1.29, 1.82) is 0 Å². The minimum atomic E-state index is -0.320. The highest BCUT2D eigenvalue weighted by atomic mass is 32.2. The molecule has 0 radical (unpaired) electrons. The largest absolute Gasteiger partial charge is 0.493 e. The summed E-state index contributed by atoms with van der Waals surface area (Å²) in [5.41, 5.74) is 2.59. The summed E-state index contributed by atoms with van der Waals surface area (Å²) in [6.45, 7) is 1.41. The Hall–Kier alpha value is -1.24. The summed E-state index contributed by atoms with van der Waals surface area (Å²) in [5.74, 6) is 7.42. The Bertz CT molecular complexity index is 388.